The van der Waals surface area contributed by atoms with E-state index in [-0.39, 0.29) is 6.10 Å². The maximum absolute atomic E-state index is 10.2. The Morgan fingerprint density at radius 1 is 0.840 bits per heavy atom. The van der Waals surface area contributed by atoms with E-state index in [4.69, 9.17) is 4.74 Å². The molecule has 0 unspecified atom stereocenters. The molecule has 0 bridgehead atoms. The number of methoxy groups -OCH3 is 1. The molecule has 9 atom stereocenters. The summed E-state index contributed by atoms with van der Waals surface area (Å²) in [4.78, 5) is 0. The summed E-state index contributed by atoms with van der Waals surface area (Å²) in [7, 11) is 1.96. The summed E-state index contributed by atoms with van der Waals surface area (Å²) in [6.07, 6.45) is 16.9. The van der Waals surface area contributed by atoms with Gasteiger partial charge in [-0.15, -0.1) is 0 Å². The van der Waals surface area contributed by atoms with E-state index in [1.165, 1.54) is 64.2 Å². The minimum Gasteiger partial charge on any atom is -0.393 e. The van der Waals surface area contributed by atoms with Crippen molar-refractivity contribution in [2.45, 2.75) is 96.2 Å². The van der Waals surface area contributed by atoms with Crippen LogP contribution < -0.4 is 0 Å². The summed E-state index contributed by atoms with van der Waals surface area (Å²) >= 11 is 0. The van der Waals surface area contributed by atoms with Crippen molar-refractivity contribution in [3.63, 3.8) is 0 Å². The average molecular weight is 347 g/mol. The molecule has 0 aliphatic heterocycles. The normalized spacial score (nSPS) is 58.0. The Morgan fingerprint density at radius 2 is 1.68 bits per heavy atom. The molecule has 0 aromatic rings. The zero-order chi connectivity index (χ0) is 17.2. The molecule has 5 aliphatic rings. The molecule has 0 radical (unpaired) electrons. The molecule has 0 amide bonds. The second-order valence-electron chi connectivity index (χ2n) is 10.7. The van der Waals surface area contributed by atoms with E-state index in [0.29, 0.717) is 16.9 Å². The van der Waals surface area contributed by atoms with Crippen molar-refractivity contribution >= 4 is 0 Å². The molecule has 2 heteroatoms. The predicted molar refractivity (Wildman–Crippen MR) is 100 cm³/mol. The first-order valence-corrected chi connectivity index (χ1v) is 11.3. The summed E-state index contributed by atoms with van der Waals surface area (Å²) in [6, 6.07) is 0. The Morgan fingerprint density at radius 3 is 2.52 bits per heavy atom. The zero-order valence-corrected chi connectivity index (χ0v) is 16.4. The van der Waals surface area contributed by atoms with Gasteiger partial charge >= 0.3 is 0 Å². The monoisotopic (exact) mass is 346 g/mol. The molecule has 5 saturated carbocycles. The van der Waals surface area contributed by atoms with Crippen molar-refractivity contribution in [1.82, 2.24) is 0 Å². The van der Waals surface area contributed by atoms with Gasteiger partial charge in [-0.05, 0) is 111 Å². The number of ether oxygens (including phenoxy) is 1. The number of hydrogen-bond acceptors (Lipinski definition) is 2. The molecule has 25 heavy (non-hydrogen) atoms. The van der Waals surface area contributed by atoms with Gasteiger partial charge in [0.25, 0.3) is 0 Å². The van der Waals surface area contributed by atoms with E-state index in [9.17, 15) is 5.11 Å². The fraction of sp³-hybridized carbons (Fsp3) is 1.00. The molecule has 1 N–H and O–H groups in total. The molecule has 0 saturated heterocycles. The van der Waals surface area contributed by atoms with Gasteiger partial charge in [0.2, 0.25) is 0 Å². The Balaban J connectivity index is 1.44. The number of rotatable bonds is 1. The third-order valence-corrected chi connectivity index (χ3v) is 10.3. The van der Waals surface area contributed by atoms with E-state index in [0.717, 1.165) is 42.4 Å². The van der Waals surface area contributed by atoms with Crippen molar-refractivity contribution in [3.05, 3.63) is 0 Å². The van der Waals surface area contributed by atoms with E-state index < -0.39 is 0 Å². The third-order valence-electron chi connectivity index (χ3n) is 10.3. The van der Waals surface area contributed by atoms with Gasteiger partial charge in [-0.3, -0.25) is 0 Å². The van der Waals surface area contributed by atoms with Gasteiger partial charge in [0.1, 0.15) is 0 Å². The van der Waals surface area contributed by atoms with Gasteiger partial charge in [-0.1, -0.05) is 13.3 Å². The first kappa shape index (κ1) is 17.0. The van der Waals surface area contributed by atoms with Crippen molar-refractivity contribution in [2.75, 3.05) is 7.11 Å². The van der Waals surface area contributed by atoms with Gasteiger partial charge in [0.05, 0.1) is 12.2 Å². The summed E-state index contributed by atoms with van der Waals surface area (Å²) in [5, 5.41) is 10.2. The van der Waals surface area contributed by atoms with Gasteiger partial charge in [-0.25, -0.2) is 0 Å². The zero-order valence-electron chi connectivity index (χ0n) is 16.4. The molecule has 1 spiro atoms. The predicted octanol–water partition coefficient (Wildman–Crippen LogP) is 5.19. The van der Waals surface area contributed by atoms with Crippen molar-refractivity contribution in [3.8, 4) is 0 Å². The molecule has 142 valence electrons. The highest BCUT2D eigenvalue weighted by molar-refractivity contribution is 5.12. The molecule has 0 aromatic heterocycles. The van der Waals surface area contributed by atoms with Gasteiger partial charge in [-0.2, -0.15) is 0 Å². The molecular weight excluding hydrogens is 308 g/mol. The van der Waals surface area contributed by atoms with Gasteiger partial charge in [0, 0.05) is 7.11 Å². The lowest BCUT2D eigenvalue weighted by Gasteiger charge is -2.62. The highest BCUT2D eigenvalue weighted by Gasteiger charge is 2.63. The molecule has 5 rings (SSSR count). The van der Waals surface area contributed by atoms with E-state index in [1.807, 2.05) is 7.11 Å². The second-order valence-corrected chi connectivity index (χ2v) is 10.7. The standard InChI is InChI=1S/C23H38O2/c1-22-12-9-16(24)14-15(22)5-6-17-18(22)10-13-23-11-3-4-21(25-2)20(23)8-7-19(17)23/h15-21,24H,3-14H2,1-2H3/t15-,16+,17+,18-,19-,20+,21-,22-,23+/m0/s1. The Hall–Kier alpha value is -0.0800. The second kappa shape index (κ2) is 5.96. The minimum absolute atomic E-state index is 0.0128. The van der Waals surface area contributed by atoms with Crippen LogP contribution in [0.3, 0.4) is 0 Å². The van der Waals surface area contributed by atoms with Crippen LogP contribution in [0.25, 0.3) is 0 Å². The molecule has 0 heterocycles. The summed E-state index contributed by atoms with van der Waals surface area (Å²) in [5.74, 6) is 4.55. The largest absolute Gasteiger partial charge is 0.393 e. The SMILES string of the molecule is CO[C@H]1CCC[C@@]23CC[C@H]4[C@@H](CC[C@H]5C[C@H](O)CC[C@@]54C)[C@@H]2CC[C@H]13. The maximum Gasteiger partial charge on any atom is 0.0604 e. The van der Waals surface area contributed by atoms with Crippen LogP contribution >= 0.6 is 0 Å². The van der Waals surface area contributed by atoms with Crippen LogP contribution in [-0.2, 0) is 4.74 Å². The number of fused-ring (bicyclic) bond motifs is 4. The number of aliphatic hydroxyl groups excluding tert-OH is 1. The smallest absolute Gasteiger partial charge is 0.0604 e. The summed E-state index contributed by atoms with van der Waals surface area (Å²) in [6.45, 7) is 2.61. The van der Waals surface area contributed by atoms with Crippen LogP contribution in [0.4, 0.5) is 0 Å². The molecule has 2 nitrogen and oxygen atoms in total. The highest BCUT2D eigenvalue weighted by Crippen LogP contribution is 2.70. The lowest BCUT2D eigenvalue weighted by atomic mass is 9.43. The minimum atomic E-state index is -0.0128. The number of hydrogen-bond donors (Lipinski definition) is 1. The summed E-state index contributed by atoms with van der Waals surface area (Å²) < 4.78 is 5.97. The number of aliphatic hydroxyl groups is 1. The third kappa shape index (κ3) is 2.29. The first-order chi connectivity index (χ1) is 12.1. The Kier molecular flexibility index (Phi) is 4.06. The van der Waals surface area contributed by atoms with Crippen molar-refractivity contribution in [1.29, 1.82) is 0 Å². The van der Waals surface area contributed by atoms with Crippen LogP contribution in [0.5, 0.6) is 0 Å². The Labute approximate surface area is 154 Å². The fourth-order valence-electron chi connectivity index (χ4n) is 9.25. The maximum atomic E-state index is 10.2. The quantitative estimate of drug-likeness (QED) is 0.708. The van der Waals surface area contributed by atoms with Crippen LogP contribution in [0.2, 0.25) is 0 Å². The lowest BCUT2D eigenvalue weighted by Crippen LogP contribution is -2.56. The van der Waals surface area contributed by atoms with Gasteiger partial charge < -0.3 is 9.84 Å². The highest BCUT2D eigenvalue weighted by atomic mass is 16.5. The molecule has 0 aromatic carbocycles. The first-order valence-electron chi connectivity index (χ1n) is 11.3. The average Bonchev–Trinajstić information content (AvgIpc) is 3.02. The fourth-order valence-corrected chi connectivity index (χ4v) is 9.25. The van der Waals surface area contributed by atoms with Crippen molar-refractivity contribution in [2.24, 2.45) is 40.4 Å². The topological polar surface area (TPSA) is 29.5 Å². The van der Waals surface area contributed by atoms with Gasteiger partial charge in [0.15, 0.2) is 0 Å². The molecule has 5 fully saturated rings. The Bertz CT molecular complexity index is 518. The van der Waals surface area contributed by atoms with Crippen LogP contribution in [-0.4, -0.2) is 24.4 Å². The van der Waals surface area contributed by atoms with E-state index in [2.05, 4.69) is 6.92 Å². The lowest BCUT2D eigenvalue weighted by molar-refractivity contribution is -0.150. The van der Waals surface area contributed by atoms with E-state index >= 15 is 0 Å². The summed E-state index contributed by atoms with van der Waals surface area (Å²) in [5.41, 5.74) is 1.16. The van der Waals surface area contributed by atoms with Crippen LogP contribution in [0.1, 0.15) is 84.0 Å². The van der Waals surface area contributed by atoms with Crippen LogP contribution in [0.15, 0.2) is 0 Å². The van der Waals surface area contributed by atoms with Crippen LogP contribution in [0, 0.1) is 40.4 Å². The molecular formula is C23H38O2. The van der Waals surface area contributed by atoms with Crippen molar-refractivity contribution < 1.29 is 9.84 Å². The molecule has 5 aliphatic carbocycles. The van der Waals surface area contributed by atoms with E-state index in [1.54, 1.807) is 0 Å².